The van der Waals surface area contributed by atoms with Gasteiger partial charge in [0, 0.05) is 11.1 Å². The van der Waals surface area contributed by atoms with Crippen LogP contribution in [-0.4, -0.2) is 45.4 Å². The van der Waals surface area contributed by atoms with Crippen LogP contribution in [0.4, 0.5) is 8.78 Å². The molecule has 2 aromatic carbocycles. The number of benzene rings is 2. The molecule has 0 saturated heterocycles. The number of methoxy groups -OCH3 is 1. The predicted molar refractivity (Wildman–Crippen MR) is 114 cm³/mol. The van der Waals surface area contributed by atoms with Crippen molar-refractivity contribution >= 4 is 55.4 Å². The van der Waals surface area contributed by atoms with E-state index in [1.165, 1.54) is 24.3 Å². The molecule has 2 aromatic rings. The maximum atomic E-state index is 13.2. The average Bonchev–Trinajstić information content (AvgIpc) is 2.75. The van der Waals surface area contributed by atoms with E-state index in [9.17, 15) is 33.1 Å². The molecule has 1 N–H and O–H groups in total. The second-order valence-electron chi connectivity index (χ2n) is 6.46. The van der Waals surface area contributed by atoms with Crippen LogP contribution in [0.25, 0.3) is 0 Å². The highest BCUT2D eigenvalue weighted by molar-refractivity contribution is 9.10. The minimum absolute atomic E-state index is 0.00845. The average molecular weight is 562 g/mol. The Kier molecular flexibility index (Phi) is 8.58. The quantitative estimate of drug-likeness (QED) is 0.282. The number of halogens is 4. The number of ketones is 2. The second kappa shape index (κ2) is 10.7. The highest BCUT2D eigenvalue weighted by Gasteiger charge is 2.48. The van der Waals surface area contributed by atoms with Gasteiger partial charge in [0.05, 0.1) is 28.6 Å². The Labute approximate surface area is 192 Å². The third-order valence-electron chi connectivity index (χ3n) is 4.53. The van der Waals surface area contributed by atoms with Gasteiger partial charge in [-0.15, -0.1) is 0 Å². The van der Waals surface area contributed by atoms with Crippen LogP contribution in [0.2, 0.25) is 0 Å². The zero-order valence-electron chi connectivity index (χ0n) is 15.9. The van der Waals surface area contributed by atoms with Crippen molar-refractivity contribution in [2.24, 2.45) is 11.8 Å². The van der Waals surface area contributed by atoms with Gasteiger partial charge < -0.3 is 9.84 Å². The number of carboxylic acids is 1. The van der Waals surface area contributed by atoms with Crippen LogP contribution in [0.15, 0.2) is 48.5 Å². The monoisotopic (exact) mass is 560 g/mol. The first-order chi connectivity index (χ1) is 14.6. The minimum atomic E-state index is -1.72. The summed E-state index contributed by atoms with van der Waals surface area (Å²) >= 11 is 6.10. The Morgan fingerprint density at radius 2 is 1.13 bits per heavy atom. The van der Waals surface area contributed by atoms with Gasteiger partial charge in [-0.3, -0.25) is 19.2 Å². The van der Waals surface area contributed by atoms with Gasteiger partial charge in [-0.1, -0.05) is 31.9 Å². The summed E-state index contributed by atoms with van der Waals surface area (Å²) in [5.41, 5.74) is 0.0337. The molecule has 164 valence electrons. The third kappa shape index (κ3) is 5.82. The Balaban J connectivity index is 2.43. The number of aliphatic carboxylic acids is 1. The number of esters is 1. The Bertz CT molecular complexity index is 978. The number of carbonyl (C=O) groups is 4. The number of hydrogen-bond donors (Lipinski definition) is 1. The van der Waals surface area contributed by atoms with E-state index in [4.69, 9.17) is 4.74 Å². The first kappa shape index (κ1) is 24.8. The Morgan fingerprint density at radius 3 is 1.45 bits per heavy atom. The van der Waals surface area contributed by atoms with Gasteiger partial charge in [-0.25, -0.2) is 8.78 Å². The molecule has 0 heterocycles. The maximum absolute atomic E-state index is 13.2. The molecule has 0 radical (unpaired) electrons. The lowest BCUT2D eigenvalue weighted by atomic mass is 9.82. The smallest absolute Gasteiger partial charge is 0.311 e. The third-order valence-corrected chi connectivity index (χ3v) is 6.51. The Hall–Kier alpha value is -2.46. The van der Waals surface area contributed by atoms with Gasteiger partial charge in [0.1, 0.15) is 11.6 Å². The zero-order chi connectivity index (χ0) is 23.3. The highest BCUT2D eigenvalue weighted by Crippen LogP contribution is 2.33. The molecule has 0 saturated carbocycles. The van der Waals surface area contributed by atoms with Crippen molar-refractivity contribution in [3.8, 4) is 0 Å². The summed E-state index contributed by atoms with van der Waals surface area (Å²) in [6.07, 6.45) is 0. The molecule has 31 heavy (non-hydrogen) atoms. The molecule has 0 spiro atoms. The summed E-state index contributed by atoms with van der Waals surface area (Å²) in [5.74, 6) is -8.51. The lowest BCUT2D eigenvalue weighted by molar-refractivity contribution is -0.155. The first-order valence-electron chi connectivity index (χ1n) is 8.76. The lowest BCUT2D eigenvalue weighted by Gasteiger charge is -2.28. The lowest BCUT2D eigenvalue weighted by Crippen LogP contribution is -2.46. The molecule has 4 unspecified atom stereocenters. The summed E-state index contributed by atoms with van der Waals surface area (Å²) < 4.78 is 31.0. The first-order valence-corrected chi connectivity index (χ1v) is 10.6. The van der Waals surface area contributed by atoms with Crippen LogP contribution in [-0.2, 0) is 14.3 Å². The molecule has 0 aliphatic rings. The van der Waals surface area contributed by atoms with Crippen LogP contribution in [0.1, 0.15) is 20.7 Å². The summed E-state index contributed by atoms with van der Waals surface area (Å²) in [6.45, 7) is 0. The largest absolute Gasteiger partial charge is 0.481 e. The van der Waals surface area contributed by atoms with Crippen LogP contribution in [0.5, 0.6) is 0 Å². The van der Waals surface area contributed by atoms with E-state index in [0.29, 0.717) is 0 Å². The maximum Gasteiger partial charge on any atom is 0.311 e. The number of hydrogen-bond acceptors (Lipinski definition) is 5. The van der Waals surface area contributed by atoms with Gasteiger partial charge in [0.15, 0.2) is 11.6 Å². The zero-order valence-corrected chi connectivity index (χ0v) is 19.1. The molecule has 0 aliphatic heterocycles. The number of alkyl halides is 2. The molecule has 10 heteroatoms. The summed E-state index contributed by atoms with van der Waals surface area (Å²) in [5, 5.41) is 9.80. The predicted octanol–water partition coefficient (Wildman–Crippen LogP) is 4.05. The van der Waals surface area contributed by atoms with E-state index < -0.39 is 56.6 Å². The van der Waals surface area contributed by atoms with E-state index in [-0.39, 0.29) is 11.1 Å². The van der Waals surface area contributed by atoms with E-state index in [1.54, 1.807) is 0 Å². The number of carbonyl (C=O) groups excluding carboxylic acids is 3. The summed E-state index contributed by atoms with van der Waals surface area (Å²) in [4.78, 5) is 47.3. The molecule has 0 fully saturated rings. The van der Waals surface area contributed by atoms with E-state index in [0.717, 1.165) is 31.4 Å². The van der Waals surface area contributed by atoms with Gasteiger partial charge in [-0.05, 0) is 48.5 Å². The van der Waals surface area contributed by atoms with Crippen molar-refractivity contribution < 1.29 is 37.8 Å². The number of ether oxygens (including phenoxy) is 1. The fourth-order valence-corrected chi connectivity index (χ4v) is 4.55. The molecular weight excluding hydrogens is 546 g/mol. The van der Waals surface area contributed by atoms with Gasteiger partial charge in [0.2, 0.25) is 0 Å². The SMILES string of the molecule is COC(=O)C(C(Br)C(=O)c1ccc(F)cc1)C(C(=O)O)C(Br)C(=O)c1ccc(F)cc1. The molecular formula is C21H16Br2F2O6. The van der Waals surface area contributed by atoms with Crippen LogP contribution in [0, 0.1) is 23.5 Å². The van der Waals surface area contributed by atoms with E-state index in [1.807, 2.05) is 0 Å². The number of Topliss-reactive ketones (excluding diaryl/α,β-unsaturated/α-hetero) is 2. The van der Waals surface area contributed by atoms with Gasteiger partial charge in [0.25, 0.3) is 0 Å². The van der Waals surface area contributed by atoms with Crippen molar-refractivity contribution in [1.82, 2.24) is 0 Å². The van der Waals surface area contributed by atoms with Crippen LogP contribution < -0.4 is 0 Å². The highest BCUT2D eigenvalue weighted by atomic mass is 79.9. The molecule has 0 aromatic heterocycles. The molecule has 0 bridgehead atoms. The van der Waals surface area contributed by atoms with E-state index in [2.05, 4.69) is 31.9 Å². The van der Waals surface area contributed by atoms with Crippen molar-refractivity contribution in [2.45, 2.75) is 9.65 Å². The van der Waals surface area contributed by atoms with E-state index >= 15 is 0 Å². The normalized spacial score (nSPS) is 14.7. The van der Waals surface area contributed by atoms with Crippen LogP contribution in [0.3, 0.4) is 0 Å². The molecule has 6 nitrogen and oxygen atoms in total. The van der Waals surface area contributed by atoms with Crippen LogP contribution >= 0.6 is 31.9 Å². The fraction of sp³-hybridized carbons (Fsp3) is 0.238. The van der Waals surface area contributed by atoms with Crippen molar-refractivity contribution in [2.75, 3.05) is 7.11 Å². The molecule has 2 rings (SSSR count). The van der Waals surface area contributed by atoms with Gasteiger partial charge in [-0.2, -0.15) is 0 Å². The van der Waals surface area contributed by atoms with Crippen molar-refractivity contribution in [3.05, 3.63) is 71.3 Å². The number of rotatable bonds is 9. The standard InChI is InChI=1S/C21H16Br2F2O6/c1-31-21(30)15(17(23)19(27)11-4-8-13(25)9-5-11)14(20(28)29)16(22)18(26)10-2-6-12(24)7-3-10/h2-9,14-17H,1H3,(H,28,29). The molecule has 4 atom stereocenters. The fourth-order valence-electron chi connectivity index (χ4n) is 2.92. The topological polar surface area (TPSA) is 97.7 Å². The second-order valence-corrected chi connectivity index (χ2v) is 8.43. The summed E-state index contributed by atoms with van der Waals surface area (Å²) in [7, 11) is 1.02. The van der Waals surface area contributed by atoms with Crippen molar-refractivity contribution in [1.29, 1.82) is 0 Å². The molecule has 0 aliphatic carbocycles. The number of carboxylic acid groups (broad SMARTS) is 1. The molecule has 0 amide bonds. The minimum Gasteiger partial charge on any atom is -0.481 e. The Morgan fingerprint density at radius 1 is 0.774 bits per heavy atom. The summed E-state index contributed by atoms with van der Waals surface area (Å²) in [6, 6.07) is 8.87. The van der Waals surface area contributed by atoms with Crippen molar-refractivity contribution in [3.63, 3.8) is 0 Å². The van der Waals surface area contributed by atoms with Gasteiger partial charge >= 0.3 is 11.9 Å².